The molecule has 5 rings (SSSR count). The van der Waals surface area contributed by atoms with Gasteiger partial charge in [-0.25, -0.2) is 9.97 Å². The number of fused-ring (bicyclic) bond motifs is 3. The molecule has 2 saturated heterocycles. The first-order chi connectivity index (χ1) is 13.2. The number of amides is 1. The van der Waals surface area contributed by atoms with Gasteiger partial charge < -0.3 is 9.64 Å². The van der Waals surface area contributed by atoms with Gasteiger partial charge in [0, 0.05) is 43.4 Å². The highest BCUT2D eigenvalue weighted by atomic mass is 16.5. The van der Waals surface area contributed by atoms with Crippen molar-refractivity contribution >= 4 is 11.6 Å². The van der Waals surface area contributed by atoms with Crippen LogP contribution < -0.4 is 4.74 Å². The highest BCUT2D eigenvalue weighted by molar-refractivity contribution is 5.95. The maximum Gasteiger partial charge on any atom is 0.273 e. The van der Waals surface area contributed by atoms with Crippen molar-refractivity contribution in [3.63, 3.8) is 0 Å². The Morgan fingerprint density at radius 2 is 1.89 bits per heavy atom. The lowest BCUT2D eigenvalue weighted by Gasteiger charge is -2.38. The van der Waals surface area contributed by atoms with Gasteiger partial charge in [0.2, 0.25) is 5.88 Å². The van der Waals surface area contributed by atoms with Gasteiger partial charge in [0.25, 0.3) is 5.91 Å². The summed E-state index contributed by atoms with van der Waals surface area (Å²) in [5, 5.41) is 0. The molecule has 5 heterocycles. The van der Waals surface area contributed by atoms with Crippen molar-refractivity contribution < 1.29 is 9.53 Å². The predicted molar refractivity (Wildman–Crippen MR) is 101 cm³/mol. The van der Waals surface area contributed by atoms with Crippen LogP contribution in [0.5, 0.6) is 5.88 Å². The standard InChI is InChI=1S/C21H22N4O2/c1-14-20(24-11-5-3-6-18(24)23-14)21(26)25-15-8-9-16(25)13-17(12-15)27-19-7-2-4-10-22-19/h2-7,10-11,15-17H,8-9,12-13H2,1H3. The Kier molecular flexibility index (Phi) is 3.85. The Balaban J connectivity index is 1.39. The largest absolute Gasteiger partial charge is 0.474 e. The van der Waals surface area contributed by atoms with Crippen molar-refractivity contribution in [2.24, 2.45) is 0 Å². The minimum atomic E-state index is 0.0926. The Morgan fingerprint density at radius 1 is 1.11 bits per heavy atom. The molecule has 0 spiro atoms. The van der Waals surface area contributed by atoms with Crippen LogP contribution in [0, 0.1) is 6.92 Å². The molecule has 2 aliphatic heterocycles. The minimum Gasteiger partial charge on any atom is -0.474 e. The maximum absolute atomic E-state index is 13.4. The van der Waals surface area contributed by atoms with E-state index >= 15 is 0 Å². The Hall–Kier alpha value is -2.89. The fourth-order valence-electron chi connectivity index (χ4n) is 4.64. The van der Waals surface area contributed by atoms with E-state index in [4.69, 9.17) is 4.74 Å². The number of ether oxygens (including phenoxy) is 1. The SMILES string of the molecule is Cc1nc2ccccn2c1C(=O)N1C2CCC1CC(Oc1ccccn1)C2. The number of piperidine rings is 1. The third kappa shape index (κ3) is 2.76. The number of aromatic nitrogens is 3. The van der Waals surface area contributed by atoms with Crippen molar-refractivity contribution in [1.29, 1.82) is 0 Å². The summed E-state index contributed by atoms with van der Waals surface area (Å²) in [7, 11) is 0. The van der Waals surface area contributed by atoms with Crippen LogP contribution in [0.15, 0.2) is 48.8 Å². The lowest BCUT2D eigenvalue weighted by Crippen LogP contribution is -2.49. The summed E-state index contributed by atoms with van der Waals surface area (Å²) >= 11 is 0. The van der Waals surface area contributed by atoms with Gasteiger partial charge in [-0.3, -0.25) is 9.20 Å². The molecular weight excluding hydrogens is 340 g/mol. The number of aryl methyl sites for hydroxylation is 1. The van der Waals surface area contributed by atoms with Gasteiger partial charge in [0.15, 0.2) is 0 Å². The monoisotopic (exact) mass is 362 g/mol. The van der Waals surface area contributed by atoms with E-state index in [1.54, 1.807) is 6.20 Å². The summed E-state index contributed by atoms with van der Waals surface area (Å²) in [5.41, 5.74) is 2.29. The van der Waals surface area contributed by atoms with Gasteiger partial charge in [0.1, 0.15) is 17.4 Å². The van der Waals surface area contributed by atoms with Crippen LogP contribution in [0.2, 0.25) is 0 Å². The number of nitrogens with zero attached hydrogens (tertiary/aromatic N) is 4. The second-order valence-electron chi connectivity index (χ2n) is 7.45. The van der Waals surface area contributed by atoms with Crippen molar-refractivity contribution in [1.82, 2.24) is 19.3 Å². The summed E-state index contributed by atoms with van der Waals surface area (Å²) in [6, 6.07) is 12.0. The Labute approximate surface area is 157 Å². The van der Waals surface area contributed by atoms with E-state index in [9.17, 15) is 4.79 Å². The van der Waals surface area contributed by atoms with Crippen LogP contribution in [0.25, 0.3) is 5.65 Å². The molecule has 2 fully saturated rings. The van der Waals surface area contributed by atoms with E-state index < -0.39 is 0 Å². The molecule has 0 radical (unpaired) electrons. The lowest BCUT2D eigenvalue weighted by atomic mass is 9.99. The molecule has 138 valence electrons. The van der Waals surface area contributed by atoms with E-state index in [0.29, 0.717) is 11.6 Å². The summed E-state index contributed by atoms with van der Waals surface area (Å²) in [6.45, 7) is 1.92. The van der Waals surface area contributed by atoms with Gasteiger partial charge in [0.05, 0.1) is 5.69 Å². The Bertz CT molecular complexity index is 970. The van der Waals surface area contributed by atoms with E-state index in [2.05, 4.69) is 14.9 Å². The summed E-state index contributed by atoms with van der Waals surface area (Å²) in [4.78, 5) is 24.3. The highest BCUT2D eigenvalue weighted by Gasteiger charge is 2.45. The van der Waals surface area contributed by atoms with Crippen molar-refractivity contribution in [3.05, 3.63) is 60.2 Å². The van der Waals surface area contributed by atoms with Crippen LogP contribution in [-0.4, -0.2) is 43.4 Å². The first-order valence-electron chi connectivity index (χ1n) is 9.55. The number of hydrogen-bond donors (Lipinski definition) is 0. The molecule has 6 nitrogen and oxygen atoms in total. The second kappa shape index (κ2) is 6.37. The number of hydrogen-bond acceptors (Lipinski definition) is 4. The van der Waals surface area contributed by atoms with Gasteiger partial charge in [-0.1, -0.05) is 12.1 Å². The molecule has 2 atom stereocenters. The molecule has 6 heteroatoms. The van der Waals surface area contributed by atoms with Crippen LogP contribution >= 0.6 is 0 Å². The second-order valence-corrected chi connectivity index (χ2v) is 7.45. The van der Waals surface area contributed by atoms with Gasteiger partial charge in [-0.2, -0.15) is 0 Å². The van der Waals surface area contributed by atoms with Crippen LogP contribution in [0.1, 0.15) is 41.9 Å². The number of carbonyl (C=O) groups excluding carboxylic acids is 1. The number of imidazole rings is 1. The predicted octanol–water partition coefficient (Wildman–Crippen LogP) is 3.25. The van der Waals surface area contributed by atoms with Gasteiger partial charge in [-0.05, 0) is 38.0 Å². The van der Waals surface area contributed by atoms with E-state index in [0.717, 1.165) is 37.0 Å². The molecule has 0 aliphatic carbocycles. The van der Waals surface area contributed by atoms with E-state index in [-0.39, 0.29) is 24.1 Å². The zero-order valence-electron chi connectivity index (χ0n) is 15.3. The molecule has 2 bridgehead atoms. The molecule has 0 saturated carbocycles. The smallest absolute Gasteiger partial charge is 0.273 e. The fraction of sp³-hybridized carbons (Fsp3) is 0.381. The maximum atomic E-state index is 13.4. The van der Waals surface area contributed by atoms with E-state index in [1.165, 1.54) is 0 Å². The first kappa shape index (κ1) is 16.3. The van der Waals surface area contributed by atoms with Gasteiger partial charge >= 0.3 is 0 Å². The third-order valence-electron chi connectivity index (χ3n) is 5.76. The zero-order chi connectivity index (χ0) is 18.4. The molecule has 0 N–H and O–H groups in total. The van der Waals surface area contributed by atoms with Crippen molar-refractivity contribution in [3.8, 4) is 5.88 Å². The summed E-state index contributed by atoms with van der Waals surface area (Å²) in [6.07, 6.45) is 7.56. The first-order valence-corrected chi connectivity index (χ1v) is 9.55. The molecule has 3 aromatic heterocycles. The highest BCUT2D eigenvalue weighted by Crippen LogP contribution is 2.38. The normalized spacial score (nSPS) is 24.3. The third-order valence-corrected chi connectivity index (χ3v) is 5.76. The van der Waals surface area contributed by atoms with Crippen LogP contribution in [0.4, 0.5) is 0 Å². The van der Waals surface area contributed by atoms with E-state index in [1.807, 2.05) is 53.9 Å². The van der Waals surface area contributed by atoms with Gasteiger partial charge in [-0.15, -0.1) is 0 Å². The zero-order valence-corrected chi connectivity index (χ0v) is 15.3. The lowest BCUT2D eigenvalue weighted by molar-refractivity contribution is 0.0342. The summed E-state index contributed by atoms with van der Waals surface area (Å²) in [5.74, 6) is 0.759. The number of pyridine rings is 2. The quantitative estimate of drug-likeness (QED) is 0.718. The minimum absolute atomic E-state index is 0.0926. The molecule has 27 heavy (non-hydrogen) atoms. The fourth-order valence-corrected chi connectivity index (χ4v) is 4.64. The van der Waals surface area contributed by atoms with Crippen LogP contribution in [-0.2, 0) is 0 Å². The average molecular weight is 362 g/mol. The molecule has 1 amide bonds. The topological polar surface area (TPSA) is 59.7 Å². The molecule has 0 aromatic carbocycles. The Morgan fingerprint density at radius 3 is 2.63 bits per heavy atom. The summed E-state index contributed by atoms with van der Waals surface area (Å²) < 4.78 is 7.99. The van der Waals surface area contributed by atoms with Crippen molar-refractivity contribution in [2.75, 3.05) is 0 Å². The van der Waals surface area contributed by atoms with Crippen molar-refractivity contribution in [2.45, 2.75) is 50.8 Å². The number of carbonyl (C=O) groups is 1. The molecule has 2 aliphatic rings. The number of rotatable bonds is 3. The molecule has 2 unspecified atom stereocenters. The average Bonchev–Trinajstić information content (AvgIpc) is 3.15. The van der Waals surface area contributed by atoms with Crippen LogP contribution in [0.3, 0.4) is 0 Å². The molecule has 3 aromatic rings. The molecular formula is C21H22N4O2.